The zero-order chi connectivity index (χ0) is 11.4. The molecule has 0 aromatic carbocycles. The van der Waals surface area contributed by atoms with Crippen LogP contribution >= 0.6 is 0 Å². The molecule has 0 aromatic heterocycles. The molecule has 2 aliphatic rings. The number of esters is 1. The second-order valence-corrected chi connectivity index (χ2v) is 4.54. The summed E-state index contributed by atoms with van der Waals surface area (Å²) >= 11 is 0. The zero-order valence-electron chi connectivity index (χ0n) is 9.35. The highest BCUT2D eigenvalue weighted by Crippen LogP contribution is 2.16. The molecule has 0 bridgehead atoms. The lowest BCUT2D eigenvalue weighted by Crippen LogP contribution is -2.34. The van der Waals surface area contributed by atoms with Crippen molar-refractivity contribution in [3.8, 4) is 0 Å². The summed E-state index contributed by atoms with van der Waals surface area (Å²) in [6.07, 6.45) is 1.98. The fourth-order valence-electron chi connectivity index (χ4n) is 2.11. The van der Waals surface area contributed by atoms with Gasteiger partial charge in [0.25, 0.3) is 0 Å². The first-order chi connectivity index (χ1) is 7.75. The molecule has 0 amide bonds. The minimum Gasteiger partial charge on any atom is -0.464 e. The molecule has 2 fully saturated rings. The Kier molecular flexibility index (Phi) is 4.15. The van der Waals surface area contributed by atoms with Crippen LogP contribution in [-0.2, 0) is 14.3 Å². The van der Waals surface area contributed by atoms with Crippen molar-refractivity contribution < 1.29 is 19.4 Å². The van der Waals surface area contributed by atoms with E-state index in [-0.39, 0.29) is 12.0 Å². The van der Waals surface area contributed by atoms with E-state index in [1.807, 2.05) is 0 Å². The monoisotopic (exact) mass is 229 g/mol. The fourth-order valence-corrected chi connectivity index (χ4v) is 2.11. The van der Waals surface area contributed by atoms with Crippen LogP contribution in [0.3, 0.4) is 0 Å². The van der Waals surface area contributed by atoms with E-state index in [0.29, 0.717) is 25.5 Å². The quantitative estimate of drug-likeness (QED) is 0.649. The Morgan fingerprint density at radius 1 is 1.44 bits per heavy atom. The van der Waals surface area contributed by atoms with Gasteiger partial charge in [0.2, 0.25) is 0 Å². The van der Waals surface area contributed by atoms with Gasteiger partial charge >= 0.3 is 5.97 Å². The second-order valence-electron chi connectivity index (χ2n) is 4.54. The van der Waals surface area contributed by atoms with Crippen molar-refractivity contribution in [3.63, 3.8) is 0 Å². The first kappa shape index (κ1) is 11.8. The fraction of sp³-hybridized carbons (Fsp3) is 0.909. The number of aliphatic hydroxyl groups excluding tert-OH is 1. The van der Waals surface area contributed by atoms with Crippen LogP contribution in [0.25, 0.3) is 0 Å². The summed E-state index contributed by atoms with van der Waals surface area (Å²) in [4.78, 5) is 11.6. The molecular formula is C11H19NO4. The molecule has 2 rings (SSSR count). The van der Waals surface area contributed by atoms with Gasteiger partial charge in [0.15, 0.2) is 0 Å². The average molecular weight is 229 g/mol. The number of rotatable bonds is 3. The minimum absolute atomic E-state index is 0.233. The smallest absolute Gasteiger partial charge is 0.323 e. The number of hydrogen-bond acceptors (Lipinski definition) is 5. The lowest BCUT2D eigenvalue weighted by atomic mass is 10.0. The molecule has 0 spiro atoms. The van der Waals surface area contributed by atoms with Crippen LogP contribution in [0.2, 0.25) is 0 Å². The standard InChI is InChI=1S/C11H19NO4/c13-9-5-10(12-6-9)11(14)16-7-8-1-3-15-4-2-8/h8-10,12-13H,1-7H2/t9-,10-/m1/s1. The molecule has 2 atom stereocenters. The summed E-state index contributed by atoms with van der Waals surface area (Å²) in [5.41, 5.74) is 0. The van der Waals surface area contributed by atoms with Gasteiger partial charge in [-0.1, -0.05) is 0 Å². The summed E-state index contributed by atoms with van der Waals surface area (Å²) in [6, 6.07) is -0.324. The van der Waals surface area contributed by atoms with Gasteiger partial charge in [0.05, 0.1) is 12.7 Å². The van der Waals surface area contributed by atoms with E-state index >= 15 is 0 Å². The number of hydrogen-bond donors (Lipinski definition) is 2. The van der Waals surface area contributed by atoms with E-state index in [4.69, 9.17) is 9.47 Å². The largest absolute Gasteiger partial charge is 0.464 e. The lowest BCUT2D eigenvalue weighted by molar-refractivity contribution is -0.148. The first-order valence-electron chi connectivity index (χ1n) is 5.91. The van der Waals surface area contributed by atoms with Crippen LogP contribution in [0.5, 0.6) is 0 Å². The Bertz CT molecular complexity index is 240. The Hall–Kier alpha value is -0.650. The summed E-state index contributed by atoms with van der Waals surface area (Å²) in [6.45, 7) is 2.50. The summed E-state index contributed by atoms with van der Waals surface area (Å²) < 4.78 is 10.5. The van der Waals surface area contributed by atoms with Gasteiger partial charge in [-0.2, -0.15) is 0 Å². The van der Waals surface area contributed by atoms with Crippen LogP contribution < -0.4 is 5.32 Å². The van der Waals surface area contributed by atoms with E-state index in [2.05, 4.69) is 5.32 Å². The predicted molar refractivity (Wildman–Crippen MR) is 56.9 cm³/mol. The van der Waals surface area contributed by atoms with Crippen molar-refractivity contribution in [2.24, 2.45) is 5.92 Å². The Balaban J connectivity index is 1.67. The van der Waals surface area contributed by atoms with Gasteiger partial charge < -0.3 is 19.9 Å². The number of carbonyl (C=O) groups excluding carboxylic acids is 1. The Morgan fingerprint density at radius 3 is 2.81 bits per heavy atom. The average Bonchev–Trinajstić information content (AvgIpc) is 2.74. The number of β-amino-alcohol motifs (C(OH)–C–C–N with tert-alkyl or cyclic N) is 1. The van der Waals surface area contributed by atoms with E-state index in [1.54, 1.807) is 0 Å². The van der Waals surface area contributed by atoms with Gasteiger partial charge in [0.1, 0.15) is 6.04 Å². The van der Waals surface area contributed by atoms with E-state index in [9.17, 15) is 9.90 Å². The maximum atomic E-state index is 11.6. The Morgan fingerprint density at radius 2 is 2.19 bits per heavy atom. The topological polar surface area (TPSA) is 67.8 Å². The number of ether oxygens (including phenoxy) is 2. The summed E-state index contributed by atoms with van der Waals surface area (Å²) in [5, 5.41) is 12.2. The van der Waals surface area contributed by atoms with Crippen molar-refractivity contribution in [1.82, 2.24) is 5.32 Å². The SMILES string of the molecule is O=C(OCC1CCOCC1)[C@H]1C[C@@H](O)CN1. The maximum Gasteiger partial charge on any atom is 0.323 e. The molecular weight excluding hydrogens is 210 g/mol. The van der Waals surface area contributed by atoms with Crippen LogP contribution in [0.4, 0.5) is 0 Å². The molecule has 0 aromatic rings. The minimum atomic E-state index is -0.416. The number of nitrogens with one attached hydrogen (secondary N) is 1. The van der Waals surface area contributed by atoms with Crippen molar-refractivity contribution in [2.45, 2.75) is 31.4 Å². The molecule has 2 saturated heterocycles. The van der Waals surface area contributed by atoms with Crippen LogP contribution in [0, 0.1) is 5.92 Å². The molecule has 92 valence electrons. The molecule has 2 aliphatic heterocycles. The molecule has 5 nitrogen and oxygen atoms in total. The van der Waals surface area contributed by atoms with Crippen LogP contribution in [0.15, 0.2) is 0 Å². The molecule has 2 heterocycles. The van der Waals surface area contributed by atoms with Crippen LogP contribution in [-0.4, -0.2) is 49.6 Å². The molecule has 0 aliphatic carbocycles. The third-order valence-corrected chi connectivity index (χ3v) is 3.19. The number of carbonyl (C=O) groups is 1. The third kappa shape index (κ3) is 3.17. The normalized spacial score (nSPS) is 31.6. The van der Waals surface area contributed by atoms with Crippen LogP contribution in [0.1, 0.15) is 19.3 Å². The van der Waals surface area contributed by atoms with Gasteiger partial charge in [-0.15, -0.1) is 0 Å². The van der Waals surface area contributed by atoms with E-state index < -0.39 is 6.10 Å². The van der Waals surface area contributed by atoms with Gasteiger partial charge in [-0.05, 0) is 18.8 Å². The van der Waals surface area contributed by atoms with Crippen molar-refractivity contribution >= 4 is 5.97 Å². The molecule has 16 heavy (non-hydrogen) atoms. The Labute approximate surface area is 95.1 Å². The highest BCUT2D eigenvalue weighted by molar-refractivity contribution is 5.76. The van der Waals surface area contributed by atoms with Crippen molar-refractivity contribution in [1.29, 1.82) is 0 Å². The van der Waals surface area contributed by atoms with Crippen molar-refractivity contribution in [2.75, 3.05) is 26.4 Å². The predicted octanol–water partition coefficient (Wildman–Crippen LogP) is -0.321. The van der Waals surface area contributed by atoms with Crippen molar-refractivity contribution in [3.05, 3.63) is 0 Å². The lowest BCUT2D eigenvalue weighted by Gasteiger charge is -2.22. The maximum absolute atomic E-state index is 11.6. The van der Waals surface area contributed by atoms with Gasteiger partial charge in [-0.25, -0.2) is 0 Å². The van der Waals surface area contributed by atoms with E-state index in [0.717, 1.165) is 26.1 Å². The molecule has 0 radical (unpaired) electrons. The van der Waals surface area contributed by atoms with E-state index in [1.165, 1.54) is 0 Å². The summed E-state index contributed by atoms with van der Waals surface area (Å²) in [7, 11) is 0. The first-order valence-corrected chi connectivity index (χ1v) is 5.91. The van der Waals surface area contributed by atoms with Gasteiger partial charge in [0, 0.05) is 26.2 Å². The third-order valence-electron chi connectivity index (χ3n) is 3.19. The zero-order valence-corrected chi connectivity index (χ0v) is 9.35. The summed E-state index contributed by atoms with van der Waals surface area (Å²) in [5.74, 6) is 0.201. The van der Waals surface area contributed by atoms with Gasteiger partial charge in [-0.3, -0.25) is 4.79 Å². The highest BCUT2D eigenvalue weighted by atomic mass is 16.5. The molecule has 2 N–H and O–H groups in total. The molecule has 0 saturated carbocycles. The molecule has 0 unspecified atom stereocenters. The second kappa shape index (κ2) is 5.61. The highest BCUT2D eigenvalue weighted by Gasteiger charge is 2.29. The molecule has 5 heteroatoms. The number of aliphatic hydroxyl groups is 1.